The van der Waals surface area contributed by atoms with Crippen LogP contribution in [0.3, 0.4) is 0 Å². The lowest BCUT2D eigenvalue weighted by atomic mass is 10.4. The average Bonchev–Trinajstić information content (AvgIpc) is 2.38. The molecule has 0 bridgehead atoms. The summed E-state index contributed by atoms with van der Waals surface area (Å²) in [6.45, 7) is 13.9. The normalized spacial score (nSPS) is 11.4. The minimum absolute atomic E-state index is 0.303. The van der Waals surface area contributed by atoms with Gasteiger partial charge in [0.2, 0.25) is 0 Å². The topological polar surface area (TPSA) is 54.0 Å². The van der Waals surface area contributed by atoms with Gasteiger partial charge in [-0.1, -0.05) is 6.58 Å². The second-order valence-electron chi connectivity index (χ2n) is 5.15. The minimum atomic E-state index is -1.75. The van der Waals surface area contributed by atoms with Crippen LogP contribution in [0.2, 0.25) is 19.1 Å². The Balaban J connectivity index is 3.58. The predicted molar refractivity (Wildman–Crippen MR) is 81.1 cm³/mol. The Bertz CT molecular complexity index is 291. The molecule has 0 unspecified atom stereocenters. The monoisotopic (exact) mass is 304 g/mol. The first-order chi connectivity index (χ1) is 9.39. The van der Waals surface area contributed by atoms with Crippen molar-refractivity contribution in [2.45, 2.75) is 39.4 Å². The first-order valence-corrected chi connectivity index (χ1v) is 10.1. The van der Waals surface area contributed by atoms with Gasteiger partial charge in [0.25, 0.3) is 0 Å². The van der Waals surface area contributed by atoms with Gasteiger partial charge in [-0.05, 0) is 39.4 Å². The van der Waals surface area contributed by atoms with E-state index in [4.69, 9.17) is 18.6 Å². The van der Waals surface area contributed by atoms with E-state index < -0.39 is 8.32 Å². The number of rotatable bonds is 12. The van der Waals surface area contributed by atoms with Crippen molar-refractivity contribution in [1.29, 1.82) is 0 Å². The van der Waals surface area contributed by atoms with E-state index in [0.29, 0.717) is 38.8 Å². The summed E-state index contributed by atoms with van der Waals surface area (Å²) in [5.74, 6) is -0.329. The fourth-order valence-electron chi connectivity index (χ4n) is 1.38. The molecule has 0 atom stereocenters. The van der Waals surface area contributed by atoms with Crippen LogP contribution in [0.15, 0.2) is 12.2 Å². The van der Waals surface area contributed by atoms with E-state index in [1.807, 2.05) is 6.92 Å². The average molecular weight is 304 g/mol. The summed E-state index contributed by atoms with van der Waals surface area (Å²) in [7, 11) is -1.75. The van der Waals surface area contributed by atoms with E-state index in [9.17, 15) is 4.79 Å². The highest BCUT2D eigenvalue weighted by atomic mass is 28.4. The maximum atomic E-state index is 11.2. The lowest BCUT2D eigenvalue weighted by Gasteiger charge is -2.22. The van der Waals surface area contributed by atoms with Crippen molar-refractivity contribution >= 4 is 14.3 Å². The third-order valence-electron chi connectivity index (χ3n) is 2.61. The van der Waals surface area contributed by atoms with Gasteiger partial charge < -0.3 is 18.6 Å². The van der Waals surface area contributed by atoms with Gasteiger partial charge in [-0.25, -0.2) is 4.79 Å². The van der Waals surface area contributed by atoms with Gasteiger partial charge >= 0.3 is 5.97 Å². The van der Waals surface area contributed by atoms with Gasteiger partial charge in [-0.2, -0.15) is 0 Å². The third kappa shape index (κ3) is 11.2. The fraction of sp³-hybridized carbons (Fsp3) is 0.786. The predicted octanol–water partition coefficient (Wildman–Crippen LogP) is 2.73. The van der Waals surface area contributed by atoms with Gasteiger partial charge in [0.1, 0.15) is 6.79 Å². The van der Waals surface area contributed by atoms with Crippen molar-refractivity contribution in [1.82, 2.24) is 0 Å². The molecule has 0 aromatic carbocycles. The number of hydrogen-bond donors (Lipinski definition) is 0. The van der Waals surface area contributed by atoms with Crippen LogP contribution in [0, 0.1) is 0 Å². The van der Waals surface area contributed by atoms with Crippen LogP contribution in [0.4, 0.5) is 0 Å². The molecule has 0 heterocycles. The molecule has 0 saturated heterocycles. The second kappa shape index (κ2) is 11.0. The molecular formula is C14H28O5Si. The molecule has 0 aliphatic carbocycles. The molecular weight excluding hydrogens is 276 g/mol. The summed E-state index contributed by atoms with van der Waals surface area (Å²) >= 11 is 0. The van der Waals surface area contributed by atoms with Crippen molar-refractivity contribution in [3.05, 3.63) is 12.2 Å². The number of esters is 1. The first-order valence-electron chi connectivity index (χ1n) is 7.01. The largest absolute Gasteiger partial charge is 0.462 e. The molecule has 0 spiro atoms. The molecule has 0 N–H and O–H groups in total. The molecule has 0 rings (SSSR count). The molecule has 0 radical (unpaired) electrons. The standard InChI is InChI=1S/C14H28O5Si/c1-6-16-9-10-17-12-19-20(4,5)11-7-8-18-14(15)13(2)3/h2,6-12H2,1,3-5H3. The lowest BCUT2D eigenvalue weighted by Crippen LogP contribution is -2.32. The Morgan fingerprint density at radius 1 is 1.15 bits per heavy atom. The van der Waals surface area contributed by atoms with Crippen molar-refractivity contribution in [3.63, 3.8) is 0 Å². The van der Waals surface area contributed by atoms with Crippen LogP contribution in [0.25, 0.3) is 0 Å². The Labute approximate surface area is 123 Å². The van der Waals surface area contributed by atoms with Gasteiger partial charge in [0, 0.05) is 12.2 Å². The van der Waals surface area contributed by atoms with Crippen LogP contribution < -0.4 is 0 Å². The van der Waals surface area contributed by atoms with E-state index >= 15 is 0 Å². The number of ether oxygens (including phenoxy) is 3. The number of carbonyl (C=O) groups excluding carboxylic acids is 1. The quantitative estimate of drug-likeness (QED) is 0.182. The van der Waals surface area contributed by atoms with E-state index in [-0.39, 0.29) is 5.97 Å². The maximum absolute atomic E-state index is 11.2. The summed E-state index contributed by atoms with van der Waals surface area (Å²) in [4.78, 5) is 11.2. The number of hydrogen-bond acceptors (Lipinski definition) is 5. The Morgan fingerprint density at radius 3 is 2.40 bits per heavy atom. The fourth-order valence-corrected chi connectivity index (χ4v) is 2.92. The van der Waals surface area contributed by atoms with Crippen LogP contribution in [0.5, 0.6) is 0 Å². The molecule has 118 valence electrons. The SMILES string of the molecule is C=C(C)C(=O)OCCC[Si](C)(C)OCOCCOCC. The zero-order valence-corrected chi connectivity index (χ0v) is 14.2. The molecule has 0 aromatic heterocycles. The molecule has 0 aromatic rings. The van der Waals surface area contributed by atoms with Crippen molar-refractivity contribution in [2.75, 3.05) is 33.2 Å². The van der Waals surface area contributed by atoms with Crippen molar-refractivity contribution < 1.29 is 23.4 Å². The van der Waals surface area contributed by atoms with E-state index in [2.05, 4.69) is 19.7 Å². The third-order valence-corrected chi connectivity index (χ3v) is 5.07. The maximum Gasteiger partial charge on any atom is 0.333 e. The molecule has 20 heavy (non-hydrogen) atoms. The summed E-state index contributed by atoms with van der Waals surface area (Å²) < 4.78 is 21.3. The zero-order chi connectivity index (χ0) is 15.4. The summed E-state index contributed by atoms with van der Waals surface area (Å²) in [6, 6.07) is 0.922. The van der Waals surface area contributed by atoms with Gasteiger partial charge in [0.15, 0.2) is 8.32 Å². The summed E-state index contributed by atoms with van der Waals surface area (Å²) in [5.41, 5.74) is 0.431. The molecule has 0 aliphatic rings. The molecule has 6 heteroatoms. The number of carbonyl (C=O) groups is 1. The molecule has 0 saturated carbocycles. The Kier molecular flexibility index (Phi) is 10.6. The van der Waals surface area contributed by atoms with E-state index in [0.717, 1.165) is 12.5 Å². The molecule has 0 fully saturated rings. The van der Waals surface area contributed by atoms with Crippen LogP contribution >= 0.6 is 0 Å². The molecule has 5 nitrogen and oxygen atoms in total. The highest BCUT2D eigenvalue weighted by Gasteiger charge is 2.22. The smallest absolute Gasteiger partial charge is 0.333 e. The first kappa shape index (κ1) is 19.3. The Morgan fingerprint density at radius 2 is 1.80 bits per heavy atom. The van der Waals surface area contributed by atoms with Gasteiger partial charge in [-0.3, -0.25) is 0 Å². The Hall–Kier alpha value is -0.693. The van der Waals surface area contributed by atoms with Crippen LogP contribution in [0.1, 0.15) is 20.3 Å². The summed E-state index contributed by atoms with van der Waals surface area (Å²) in [6.07, 6.45) is 0.803. The van der Waals surface area contributed by atoms with Gasteiger partial charge in [0.05, 0.1) is 19.8 Å². The van der Waals surface area contributed by atoms with Crippen LogP contribution in [-0.4, -0.2) is 47.5 Å². The second-order valence-corrected chi connectivity index (χ2v) is 9.45. The van der Waals surface area contributed by atoms with Gasteiger partial charge in [-0.15, -0.1) is 0 Å². The minimum Gasteiger partial charge on any atom is -0.462 e. The summed E-state index contributed by atoms with van der Waals surface area (Å²) in [5, 5.41) is 0. The van der Waals surface area contributed by atoms with E-state index in [1.54, 1.807) is 6.92 Å². The highest BCUT2D eigenvalue weighted by molar-refractivity contribution is 6.71. The highest BCUT2D eigenvalue weighted by Crippen LogP contribution is 2.14. The van der Waals surface area contributed by atoms with Crippen LogP contribution in [-0.2, 0) is 23.4 Å². The van der Waals surface area contributed by atoms with E-state index in [1.165, 1.54) is 0 Å². The zero-order valence-electron chi connectivity index (χ0n) is 13.2. The van der Waals surface area contributed by atoms with Crippen molar-refractivity contribution in [3.8, 4) is 0 Å². The molecule has 0 aliphatic heterocycles. The molecule has 0 amide bonds. The lowest BCUT2D eigenvalue weighted by molar-refractivity contribution is -0.138. The van der Waals surface area contributed by atoms with Crippen molar-refractivity contribution in [2.24, 2.45) is 0 Å².